The van der Waals surface area contributed by atoms with E-state index in [0.29, 0.717) is 25.9 Å². The fourth-order valence-corrected chi connectivity index (χ4v) is 2.13. The number of carboxylic acid groups (broad SMARTS) is 1. The SMILES string of the molecule is CCOCC(=O)N[C@H](C(=O)O)[C@H]1CCCC(=O)C1. The van der Waals surface area contributed by atoms with Crippen molar-refractivity contribution in [2.75, 3.05) is 13.2 Å². The van der Waals surface area contributed by atoms with Gasteiger partial charge in [0, 0.05) is 19.4 Å². The van der Waals surface area contributed by atoms with Crippen LogP contribution < -0.4 is 5.32 Å². The Morgan fingerprint density at radius 3 is 2.83 bits per heavy atom. The number of carbonyl (C=O) groups is 3. The summed E-state index contributed by atoms with van der Waals surface area (Å²) in [4.78, 5) is 33.9. The van der Waals surface area contributed by atoms with Gasteiger partial charge in [-0.2, -0.15) is 0 Å². The minimum absolute atomic E-state index is 0.0663. The lowest BCUT2D eigenvalue weighted by molar-refractivity contribution is -0.145. The molecule has 6 heteroatoms. The van der Waals surface area contributed by atoms with E-state index in [-0.39, 0.29) is 24.7 Å². The summed E-state index contributed by atoms with van der Waals surface area (Å²) < 4.78 is 4.91. The predicted octanol–water partition coefficient (Wildman–Crippen LogP) is 0.352. The smallest absolute Gasteiger partial charge is 0.326 e. The van der Waals surface area contributed by atoms with E-state index in [2.05, 4.69) is 5.32 Å². The monoisotopic (exact) mass is 257 g/mol. The van der Waals surface area contributed by atoms with Crippen LogP contribution in [0.25, 0.3) is 0 Å². The Morgan fingerprint density at radius 2 is 2.28 bits per heavy atom. The maximum absolute atomic E-state index is 11.5. The van der Waals surface area contributed by atoms with E-state index in [1.165, 1.54) is 0 Å². The molecule has 0 aromatic rings. The van der Waals surface area contributed by atoms with Crippen molar-refractivity contribution in [2.24, 2.45) is 5.92 Å². The summed E-state index contributed by atoms with van der Waals surface area (Å²) in [7, 11) is 0. The third-order valence-corrected chi connectivity index (χ3v) is 3.01. The van der Waals surface area contributed by atoms with Gasteiger partial charge in [0.25, 0.3) is 0 Å². The van der Waals surface area contributed by atoms with E-state index in [9.17, 15) is 14.4 Å². The first kappa shape index (κ1) is 14.6. The maximum Gasteiger partial charge on any atom is 0.326 e. The zero-order valence-electron chi connectivity index (χ0n) is 10.5. The Kier molecular flexibility index (Phi) is 5.77. The lowest BCUT2D eigenvalue weighted by atomic mass is 9.83. The van der Waals surface area contributed by atoms with Crippen LogP contribution in [0.5, 0.6) is 0 Å². The molecular weight excluding hydrogens is 238 g/mol. The number of ketones is 1. The van der Waals surface area contributed by atoms with E-state index in [0.717, 1.165) is 0 Å². The van der Waals surface area contributed by atoms with Crippen molar-refractivity contribution in [1.82, 2.24) is 5.32 Å². The number of ether oxygens (including phenoxy) is 1. The number of Topliss-reactive ketones (excluding diaryl/α,β-unsaturated/α-hetero) is 1. The average Bonchev–Trinajstić information content (AvgIpc) is 2.33. The predicted molar refractivity (Wildman–Crippen MR) is 63.0 cm³/mol. The van der Waals surface area contributed by atoms with Gasteiger partial charge in [-0.3, -0.25) is 9.59 Å². The molecule has 0 unspecified atom stereocenters. The van der Waals surface area contributed by atoms with Crippen molar-refractivity contribution in [1.29, 1.82) is 0 Å². The van der Waals surface area contributed by atoms with Crippen LogP contribution in [0.3, 0.4) is 0 Å². The number of aliphatic carboxylic acids is 1. The number of hydrogen-bond donors (Lipinski definition) is 2. The summed E-state index contributed by atoms with van der Waals surface area (Å²) in [5.74, 6) is -1.80. The molecule has 0 aromatic carbocycles. The van der Waals surface area contributed by atoms with Gasteiger partial charge >= 0.3 is 5.97 Å². The maximum atomic E-state index is 11.5. The van der Waals surface area contributed by atoms with Crippen LogP contribution in [0.4, 0.5) is 0 Å². The van der Waals surface area contributed by atoms with Crippen LogP contribution in [-0.4, -0.2) is 42.0 Å². The van der Waals surface area contributed by atoms with Crippen molar-refractivity contribution in [3.63, 3.8) is 0 Å². The van der Waals surface area contributed by atoms with E-state index in [1.54, 1.807) is 6.92 Å². The van der Waals surface area contributed by atoms with Gasteiger partial charge in [-0.05, 0) is 25.7 Å². The topological polar surface area (TPSA) is 92.7 Å². The molecule has 1 saturated carbocycles. The third-order valence-electron chi connectivity index (χ3n) is 3.01. The molecule has 2 N–H and O–H groups in total. The summed E-state index contributed by atoms with van der Waals surface area (Å²) in [6, 6.07) is -0.998. The highest BCUT2D eigenvalue weighted by Gasteiger charge is 2.33. The molecule has 2 atom stereocenters. The van der Waals surface area contributed by atoms with Crippen LogP contribution >= 0.6 is 0 Å². The molecule has 0 aliphatic heterocycles. The molecule has 0 saturated heterocycles. The van der Waals surface area contributed by atoms with Crippen LogP contribution in [0.1, 0.15) is 32.6 Å². The van der Waals surface area contributed by atoms with E-state index < -0.39 is 17.9 Å². The highest BCUT2D eigenvalue weighted by Crippen LogP contribution is 2.24. The van der Waals surface area contributed by atoms with Crippen LogP contribution in [-0.2, 0) is 19.1 Å². The fourth-order valence-electron chi connectivity index (χ4n) is 2.13. The van der Waals surface area contributed by atoms with Crippen molar-refractivity contribution >= 4 is 17.7 Å². The molecule has 1 fully saturated rings. The number of amides is 1. The number of carbonyl (C=O) groups excluding carboxylic acids is 2. The minimum atomic E-state index is -1.10. The van der Waals surface area contributed by atoms with Crippen LogP contribution in [0.2, 0.25) is 0 Å². The largest absolute Gasteiger partial charge is 0.480 e. The number of rotatable bonds is 6. The van der Waals surface area contributed by atoms with Crippen LogP contribution in [0.15, 0.2) is 0 Å². The van der Waals surface area contributed by atoms with Gasteiger partial charge in [0.05, 0.1) is 0 Å². The molecule has 18 heavy (non-hydrogen) atoms. The van der Waals surface area contributed by atoms with Gasteiger partial charge in [0.2, 0.25) is 5.91 Å². The quantitative estimate of drug-likeness (QED) is 0.716. The molecule has 0 aromatic heterocycles. The van der Waals surface area contributed by atoms with E-state index in [1.807, 2.05) is 0 Å². The number of hydrogen-bond acceptors (Lipinski definition) is 4. The van der Waals surface area contributed by atoms with Crippen molar-refractivity contribution in [3.05, 3.63) is 0 Å². The molecule has 0 heterocycles. The third kappa shape index (κ3) is 4.44. The zero-order chi connectivity index (χ0) is 13.5. The normalized spacial score (nSPS) is 21.4. The van der Waals surface area contributed by atoms with Crippen molar-refractivity contribution in [2.45, 2.75) is 38.6 Å². The first-order valence-corrected chi connectivity index (χ1v) is 6.16. The first-order chi connectivity index (χ1) is 8.54. The summed E-state index contributed by atoms with van der Waals surface area (Å²) in [5, 5.41) is 11.5. The summed E-state index contributed by atoms with van der Waals surface area (Å²) in [6.07, 6.45) is 2.08. The standard InChI is InChI=1S/C12H19NO5/c1-2-18-7-10(15)13-11(12(16)17)8-4-3-5-9(14)6-8/h8,11H,2-7H2,1H3,(H,13,15)(H,16,17)/t8-,11-/m0/s1. The molecule has 1 amide bonds. The molecule has 6 nitrogen and oxygen atoms in total. The minimum Gasteiger partial charge on any atom is -0.480 e. The van der Waals surface area contributed by atoms with Crippen molar-refractivity contribution < 1.29 is 24.2 Å². The summed E-state index contributed by atoms with van der Waals surface area (Å²) >= 11 is 0. The second-order valence-corrected chi connectivity index (χ2v) is 4.42. The lowest BCUT2D eigenvalue weighted by Gasteiger charge is -2.27. The molecule has 1 aliphatic rings. The molecule has 1 rings (SSSR count). The molecule has 0 radical (unpaired) electrons. The van der Waals surface area contributed by atoms with Gasteiger partial charge in [-0.1, -0.05) is 0 Å². The van der Waals surface area contributed by atoms with Gasteiger partial charge in [0.15, 0.2) is 0 Å². The average molecular weight is 257 g/mol. The molecule has 0 spiro atoms. The molecule has 1 aliphatic carbocycles. The highest BCUT2D eigenvalue weighted by atomic mass is 16.5. The Balaban J connectivity index is 2.56. The molecule has 0 bridgehead atoms. The van der Waals surface area contributed by atoms with Gasteiger partial charge < -0.3 is 15.2 Å². The van der Waals surface area contributed by atoms with Crippen LogP contribution in [0, 0.1) is 5.92 Å². The second-order valence-electron chi connectivity index (χ2n) is 4.42. The summed E-state index contributed by atoms with van der Waals surface area (Å²) in [6.45, 7) is 2.00. The number of carboxylic acids is 1. The lowest BCUT2D eigenvalue weighted by Crippen LogP contribution is -2.48. The zero-order valence-corrected chi connectivity index (χ0v) is 10.5. The van der Waals surface area contributed by atoms with E-state index in [4.69, 9.17) is 9.84 Å². The Morgan fingerprint density at radius 1 is 1.56 bits per heavy atom. The Hall–Kier alpha value is -1.43. The second kappa shape index (κ2) is 7.10. The Labute approximate surface area is 106 Å². The van der Waals surface area contributed by atoms with Gasteiger partial charge in [-0.15, -0.1) is 0 Å². The first-order valence-electron chi connectivity index (χ1n) is 6.16. The van der Waals surface area contributed by atoms with Gasteiger partial charge in [-0.25, -0.2) is 4.79 Å². The molecular formula is C12H19NO5. The Bertz CT molecular complexity index is 328. The number of nitrogens with one attached hydrogen (secondary N) is 1. The fraction of sp³-hybridized carbons (Fsp3) is 0.750. The summed E-state index contributed by atoms with van der Waals surface area (Å²) in [5.41, 5.74) is 0. The molecule has 102 valence electrons. The van der Waals surface area contributed by atoms with Crippen molar-refractivity contribution in [3.8, 4) is 0 Å². The highest BCUT2D eigenvalue weighted by molar-refractivity contribution is 5.86. The van der Waals surface area contributed by atoms with Gasteiger partial charge in [0.1, 0.15) is 18.4 Å². The van der Waals surface area contributed by atoms with E-state index >= 15 is 0 Å².